The number of carbonyl (C=O) groups is 2. The van der Waals surface area contributed by atoms with Crippen LogP contribution < -0.4 is 5.73 Å². The Morgan fingerprint density at radius 2 is 2.00 bits per heavy atom. The summed E-state index contributed by atoms with van der Waals surface area (Å²) in [5, 5.41) is 0.462. The maximum atomic E-state index is 11.7. The number of nitrogens with two attached hydrogens (primary N) is 1. The Hall–Kier alpha value is -1.35. The zero-order chi connectivity index (χ0) is 12.1. The summed E-state index contributed by atoms with van der Waals surface area (Å²) in [7, 11) is 0. The van der Waals surface area contributed by atoms with E-state index in [0.717, 1.165) is 5.56 Å². The molecule has 0 aliphatic rings. The standard InChI is InChI=1S/C12H14ClNO2/c1-8-5-6-9(10(13)7-8)11(15)3-2-4-12(14)16/h5-7H,2-4H2,1H3,(H2,14,16). The summed E-state index contributed by atoms with van der Waals surface area (Å²) in [6.07, 6.45) is 0.999. The Morgan fingerprint density at radius 3 is 2.56 bits per heavy atom. The molecule has 0 aliphatic carbocycles. The van der Waals surface area contributed by atoms with Gasteiger partial charge in [0.1, 0.15) is 0 Å². The monoisotopic (exact) mass is 239 g/mol. The molecule has 0 unspecified atom stereocenters. The van der Waals surface area contributed by atoms with Gasteiger partial charge in [-0.3, -0.25) is 9.59 Å². The van der Waals surface area contributed by atoms with E-state index >= 15 is 0 Å². The first-order valence-corrected chi connectivity index (χ1v) is 5.46. The summed E-state index contributed by atoms with van der Waals surface area (Å²) < 4.78 is 0. The molecule has 1 aromatic carbocycles. The number of hydrogen-bond acceptors (Lipinski definition) is 2. The van der Waals surface area contributed by atoms with Crippen molar-refractivity contribution in [2.75, 3.05) is 0 Å². The molecule has 0 aromatic heterocycles. The Labute approximate surface area is 99.6 Å². The first kappa shape index (κ1) is 12.7. The summed E-state index contributed by atoms with van der Waals surface area (Å²) in [6, 6.07) is 5.31. The van der Waals surface area contributed by atoms with Gasteiger partial charge in [-0.2, -0.15) is 0 Å². The molecule has 0 saturated heterocycles. The number of amides is 1. The van der Waals surface area contributed by atoms with Gasteiger partial charge in [0.05, 0.1) is 5.02 Å². The summed E-state index contributed by atoms with van der Waals surface area (Å²) >= 11 is 5.95. The number of benzene rings is 1. The van der Waals surface area contributed by atoms with Crippen LogP contribution in [0.25, 0.3) is 0 Å². The Bertz CT molecular complexity index is 415. The summed E-state index contributed by atoms with van der Waals surface area (Å²) in [6.45, 7) is 1.91. The van der Waals surface area contributed by atoms with Gasteiger partial charge in [-0.15, -0.1) is 0 Å². The molecule has 0 radical (unpaired) electrons. The predicted octanol–water partition coefficient (Wildman–Crippen LogP) is 2.49. The maximum Gasteiger partial charge on any atom is 0.217 e. The van der Waals surface area contributed by atoms with Crippen LogP contribution in [0.2, 0.25) is 5.02 Å². The number of aryl methyl sites for hydroxylation is 1. The van der Waals surface area contributed by atoms with Crippen LogP contribution in [0, 0.1) is 6.92 Å². The van der Waals surface area contributed by atoms with Gasteiger partial charge in [0, 0.05) is 18.4 Å². The third kappa shape index (κ3) is 3.66. The minimum absolute atomic E-state index is 0.0498. The molecule has 0 saturated carbocycles. The molecule has 1 aromatic rings. The first-order chi connectivity index (χ1) is 7.50. The third-order valence-corrected chi connectivity index (χ3v) is 2.56. The van der Waals surface area contributed by atoms with Crippen LogP contribution in [0.5, 0.6) is 0 Å². The molecular formula is C12H14ClNO2. The predicted molar refractivity (Wildman–Crippen MR) is 63.6 cm³/mol. The minimum atomic E-state index is -0.386. The van der Waals surface area contributed by atoms with Crippen molar-refractivity contribution in [1.29, 1.82) is 0 Å². The van der Waals surface area contributed by atoms with E-state index in [0.29, 0.717) is 23.4 Å². The minimum Gasteiger partial charge on any atom is -0.370 e. The van der Waals surface area contributed by atoms with Gasteiger partial charge in [0.2, 0.25) is 5.91 Å². The van der Waals surface area contributed by atoms with Crippen molar-refractivity contribution >= 4 is 23.3 Å². The molecule has 4 heteroatoms. The number of rotatable bonds is 5. The largest absolute Gasteiger partial charge is 0.370 e. The van der Waals surface area contributed by atoms with Crippen molar-refractivity contribution < 1.29 is 9.59 Å². The van der Waals surface area contributed by atoms with Crippen LogP contribution in [0.3, 0.4) is 0 Å². The molecule has 3 nitrogen and oxygen atoms in total. The van der Waals surface area contributed by atoms with E-state index in [1.165, 1.54) is 0 Å². The van der Waals surface area contributed by atoms with Crippen molar-refractivity contribution in [3.63, 3.8) is 0 Å². The van der Waals surface area contributed by atoms with Gasteiger partial charge in [0.25, 0.3) is 0 Å². The van der Waals surface area contributed by atoms with Crippen molar-refractivity contribution in [3.05, 3.63) is 34.3 Å². The number of carbonyl (C=O) groups excluding carboxylic acids is 2. The second kappa shape index (κ2) is 5.66. The molecular weight excluding hydrogens is 226 g/mol. The van der Waals surface area contributed by atoms with Crippen LogP contribution in [0.4, 0.5) is 0 Å². The Kier molecular flexibility index (Phi) is 4.50. The van der Waals surface area contributed by atoms with E-state index in [-0.39, 0.29) is 18.1 Å². The summed E-state index contributed by atoms with van der Waals surface area (Å²) in [5.74, 6) is -0.436. The lowest BCUT2D eigenvalue weighted by molar-refractivity contribution is -0.118. The molecule has 0 bridgehead atoms. The second-order valence-corrected chi connectivity index (χ2v) is 4.13. The molecule has 0 heterocycles. The van der Waals surface area contributed by atoms with Crippen molar-refractivity contribution in [3.8, 4) is 0 Å². The highest BCUT2D eigenvalue weighted by molar-refractivity contribution is 6.34. The smallest absolute Gasteiger partial charge is 0.217 e. The zero-order valence-electron chi connectivity index (χ0n) is 9.13. The summed E-state index contributed by atoms with van der Waals surface area (Å²) in [5.41, 5.74) is 6.51. The quantitative estimate of drug-likeness (QED) is 0.803. The molecule has 2 N–H and O–H groups in total. The van der Waals surface area contributed by atoms with Crippen molar-refractivity contribution in [1.82, 2.24) is 0 Å². The van der Waals surface area contributed by atoms with E-state index in [1.807, 2.05) is 13.0 Å². The fourth-order valence-electron chi connectivity index (χ4n) is 1.40. The fraction of sp³-hybridized carbons (Fsp3) is 0.333. The summed E-state index contributed by atoms with van der Waals surface area (Å²) in [4.78, 5) is 22.2. The Balaban J connectivity index is 2.63. The molecule has 1 amide bonds. The highest BCUT2D eigenvalue weighted by Gasteiger charge is 2.10. The van der Waals surface area contributed by atoms with E-state index < -0.39 is 0 Å². The molecule has 0 aliphatic heterocycles. The lowest BCUT2D eigenvalue weighted by Crippen LogP contribution is -2.11. The van der Waals surface area contributed by atoms with Gasteiger partial charge in [-0.25, -0.2) is 0 Å². The zero-order valence-corrected chi connectivity index (χ0v) is 9.88. The fourth-order valence-corrected chi connectivity index (χ4v) is 1.74. The van der Waals surface area contributed by atoms with E-state index in [2.05, 4.69) is 0 Å². The van der Waals surface area contributed by atoms with Crippen LogP contribution in [-0.2, 0) is 4.79 Å². The van der Waals surface area contributed by atoms with Gasteiger partial charge in [-0.1, -0.05) is 17.7 Å². The number of Topliss-reactive ketones (excluding diaryl/α,β-unsaturated/α-hetero) is 1. The molecule has 0 fully saturated rings. The first-order valence-electron chi connectivity index (χ1n) is 5.08. The average molecular weight is 240 g/mol. The van der Waals surface area contributed by atoms with Crippen molar-refractivity contribution in [2.45, 2.75) is 26.2 Å². The van der Waals surface area contributed by atoms with Crippen LogP contribution in [-0.4, -0.2) is 11.7 Å². The third-order valence-electron chi connectivity index (χ3n) is 2.25. The average Bonchev–Trinajstić information content (AvgIpc) is 2.16. The Morgan fingerprint density at radius 1 is 1.31 bits per heavy atom. The van der Waals surface area contributed by atoms with E-state index in [9.17, 15) is 9.59 Å². The molecule has 0 spiro atoms. The topological polar surface area (TPSA) is 60.2 Å². The second-order valence-electron chi connectivity index (χ2n) is 3.73. The van der Waals surface area contributed by atoms with Gasteiger partial charge in [-0.05, 0) is 31.0 Å². The lowest BCUT2D eigenvalue weighted by Gasteiger charge is -2.03. The van der Waals surface area contributed by atoms with E-state index in [4.69, 9.17) is 17.3 Å². The van der Waals surface area contributed by atoms with Crippen LogP contribution >= 0.6 is 11.6 Å². The van der Waals surface area contributed by atoms with E-state index in [1.54, 1.807) is 12.1 Å². The number of ketones is 1. The number of primary amides is 1. The molecule has 0 atom stereocenters. The SMILES string of the molecule is Cc1ccc(C(=O)CCCC(N)=O)c(Cl)c1. The number of hydrogen-bond donors (Lipinski definition) is 1. The highest BCUT2D eigenvalue weighted by atomic mass is 35.5. The van der Waals surface area contributed by atoms with Crippen LogP contribution in [0.15, 0.2) is 18.2 Å². The molecule has 16 heavy (non-hydrogen) atoms. The normalized spacial score (nSPS) is 10.1. The van der Waals surface area contributed by atoms with Crippen molar-refractivity contribution in [2.24, 2.45) is 5.73 Å². The van der Waals surface area contributed by atoms with Gasteiger partial charge >= 0.3 is 0 Å². The van der Waals surface area contributed by atoms with Crippen LogP contribution in [0.1, 0.15) is 35.2 Å². The lowest BCUT2D eigenvalue weighted by atomic mass is 10.0. The maximum absolute atomic E-state index is 11.7. The molecule has 1 rings (SSSR count). The highest BCUT2D eigenvalue weighted by Crippen LogP contribution is 2.19. The number of halogens is 1. The molecule has 86 valence electrons. The van der Waals surface area contributed by atoms with Gasteiger partial charge in [0.15, 0.2) is 5.78 Å². The van der Waals surface area contributed by atoms with Gasteiger partial charge < -0.3 is 5.73 Å².